The third-order valence-corrected chi connectivity index (χ3v) is 8.94. The summed E-state index contributed by atoms with van der Waals surface area (Å²) in [6.07, 6.45) is -9.31. The van der Waals surface area contributed by atoms with E-state index in [4.69, 9.17) is 14.6 Å². The molecule has 1 fully saturated rings. The van der Waals surface area contributed by atoms with Crippen LogP contribution in [0, 0.1) is 11.6 Å². The van der Waals surface area contributed by atoms with Crippen LogP contribution in [0.1, 0.15) is 43.0 Å². The minimum absolute atomic E-state index is 0.0909. The summed E-state index contributed by atoms with van der Waals surface area (Å²) in [5.41, 5.74) is -6.11. The molecule has 1 unspecified atom stereocenters. The Kier molecular flexibility index (Phi) is 11.8. The number of ether oxygens (including phenoxy) is 2. The van der Waals surface area contributed by atoms with Gasteiger partial charge in [-0.2, -0.15) is 30.7 Å². The number of nitrogens with one attached hydrogen (secondary N) is 1. The van der Waals surface area contributed by atoms with Crippen molar-refractivity contribution in [1.29, 1.82) is 0 Å². The maximum atomic E-state index is 15.4. The molecule has 11 nitrogen and oxygen atoms in total. The molecule has 1 saturated heterocycles. The topological polar surface area (TPSA) is 145 Å². The van der Waals surface area contributed by atoms with Crippen LogP contribution in [0.5, 0.6) is 5.75 Å². The monoisotopic (exact) mass is 774 g/mol. The number of rotatable bonds is 13. The molecule has 0 radical (unpaired) electrons. The first-order chi connectivity index (χ1) is 25.4. The van der Waals surface area contributed by atoms with Gasteiger partial charge in [0.15, 0.2) is 11.6 Å². The Morgan fingerprint density at radius 3 is 2.43 bits per heavy atom. The fourth-order valence-electron chi connectivity index (χ4n) is 6.10. The number of benzene rings is 2. The fraction of sp³-hybridized carbons (Fsp3) is 0.400. The molecule has 0 aliphatic carbocycles. The van der Waals surface area contributed by atoms with Gasteiger partial charge in [-0.15, -0.1) is 0 Å². The SMILES string of the molecule is CC12CCCN1N(Cc1ccc(OCCCOC[C@@H](O)CO)c(F)c1F)C(=O)C(C(=O)Nc1ccc(C(F)(F)F)cc1-c1ccc(C(F)(F)F)nc1)=C2O. The van der Waals surface area contributed by atoms with Crippen LogP contribution in [0.3, 0.4) is 0 Å². The van der Waals surface area contributed by atoms with Gasteiger partial charge in [0.1, 0.15) is 23.1 Å². The summed E-state index contributed by atoms with van der Waals surface area (Å²) in [6.45, 7) is 0.413. The lowest BCUT2D eigenvalue weighted by Crippen LogP contribution is -2.60. The molecule has 2 amide bonds. The number of halogens is 8. The largest absolute Gasteiger partial charge is 0.509 e. The quantitative estimate of drug-likeness (QED) is 0.0968. The zero-order valence-corrected chi connectivity index (χ0v) is 28.4. The Hall–Kier alpha value is -4.85. The van der Waals surface area contributed by atoms with Crippen LogP contribution >= 0.6 is 0 Å². The zero-order valence-electron chi connectivity index (χ0n) is 28.4. The molecule has 0 spiro atoms. The molecule has 292 valence electrons. The molecule has 4 N–H and O–H groups in total. The third kappa shape index (κ3) is 8.43. The summed E-state index contributed by atoms with van der Waals surface area (Å²) < 4.78 is 121. The lowest BCUT2D eigenvalue weighted by Gasteiger charge is -2.46. The van der Waals surface area contributed by atoms with Crippen molar-refractivity contribution in [1.82, 2.24) is 15.0 Å². The molecule has 2 aromatic carbocycles. The summed E-state index contributed by atoms with van der Waals surface area (Å²) in [5.74, 6) is -6.32. The van der Waals surface area contributed by atoms with Crippen molar-refractivity contribution in [3.8, 4) is 16.9 Å². The highest BCUT2D eigenvalue weighted by Gasteiger charge is 2.53. The van der Waals surface area contributed by atoms with Crippen molar-refractivity contribution in [3.63, 3.8) is 0 Å². The summed E-state index contributed by atoms with van der Waals surface area (Å²) in [5, 5.41) is 34.1. The van der Waals surface area contributed by atoms with E-state index in [1.807, 2.05) is 0 Å². The lowest BCUT2D eigenvalue weighted by atomic mass is 9.90. The third-order valence-electron chi connectivity index (χ3n) is 8.94. The van der Waals surface area contributed by atoms with Crippen LogP contribution < -0.4 is 10.1 Å². The number of anilines is 1. The van der Waals surface area contributed by atoms with Gasteiger partial charge >= 0.3 is 12.4 Å². The standard InChI is InChI=1S/C35H34F8N4O7/c1-33-10-2-11-47(33)46(16-20-4-8-25(29(37)28(20)36)54-13-3-12-53-18-22(49)17-48)32(52)27(30(33)50)31(51)45-24-7-6-21(34(38,39)40)14-23(24)19-5-9-26(44-15-19)35(41,42)43/h4-9,14-15,22,48-50H,2-3,10-13,16-18H2,1H3,(H,45,51)/t22-,33?/m0/s1. The number of hydrogen-bond donors (Lipinski definition) is 4. The predicted molar refractivity (Wildman–Crippen MR) is 173 cm³/mol. The van der Waals surface area contributed by atoms with E-state index in [0.717, 1.165) is 29.3 Å². The van der Waals surface area contributed by atoms with Gasteiger partial charge in [0, 0.05) is 48.1 Å². The Morgan fingerprint density at radius 2 is 1.78 bits per heavy atom. The predicted octanol–water partition coefficient (Wildman–Crippen LogP) is 5.77. The number of hydrogen-bond acceptors (Lipinski definition) is 9. The van der Waals surface area contributed by atoms with Gasteiger partial charge in [-0.3, -0.25) is 19.6 Å². The zero-order chi connectivity index (χ0) is 39.6. The first-order valence-corrected chi connectivity index (χ1v) is 16.4. The Labute approximate surface area is 302 Å². The van der Waals surface area contributed by atoms with Gasteiger partial charge in [0.25, 0.3) is 11.8 Å². The number of hydrazine groups is 1. The van der Waals surface area contributed by atoms with Crippen LogP contribution in [0.4, 0.5) is 40.8 Å². The normalized spacial score (nSPS) is 18.6. The second-order valence-corrected chi connectivity index (χ2v) is 12.7. The smallest absolute Gasteiger partial charge is 0.433 e. The highest BCUT2D eigenvalue weighted by molar-refractivity contribution is 6.24. The number of fused-ring (bicyclic) bond motifs is 1. The van der Waals surface area contributed by atoms with E-state index in [-0.39, 0.29) is 56.0 Å². The molecule has 3 aromatic rings. The van der Waals surface area contributed by atoms with E-state index < -0.39 is 94.5 Å². The average molecular weight is 775 g/mol. The van der Waals surface area contributed by atoms with Crippen molar-refractivity contribution in [2.45, 2.75) is 56.7 Å². The minimum atomic E-state index is -4.89. The average Bonchev–Trinajstić information content (AvgIpc) is 3.52. The van der Waals surface area contributed by atoms with Crippen LogP contribution in [-0.2, 0) is 33.2 Å². The summed E-state index contributed by atoms with van der Waals surface area (Å²) in [7, 11) is 0. The number of carbonyl (C=O) groups excluding carboxylic acids is 2. The first-order valence-electron chi connectivity index (χ1n) is 16.4. The maximum Gasteiger partial charge on any atom is 0.433 e. The molecule has 0 bridgehead atoms. The van der Waals surface area contributed by atoms with Gasteiger partial charge in [-0.05, 0) is 50.1 Å². The molecule has 2 aliphatic heterocycles. The number of pyridine rings is 1. The summed E-state index contributed by atoms with van der Waals surface area (Å²) in [6, 6.07) is 5.69. The van der Waals surface area contributed by atoms with E-state index >= 15 is 8.78 Å². The van der Waals surface area contributed by atoms with Gasteiger partial charge < -0.3 is 30.1 Å². The van der Waals surface area contributed by atoms with Crippen LogP contribution in [-0.4, -0.2) is 86.8 Å². The van der Waals surface area contributed by atoms with Crippen LogP contribution in [0.15, 0.2) is 60.0 Å². The Morgan fingerprint density at radius 1 is 1.04 bits per heavy atom. The van der Waals surface area contributed by atoms with Crippen LogP contribution in [0.25, 0.3) is 11.1 Å². The van der Waals surface area contributed by atoms with E-state index in [1.165, 1.54) is 11.9 Å². The second kappa shape index (κ2) is 15.9. The van der Waals surface area contributed by atoms with Crippen molar-refractivity contribution in [2.75, 3.05) is 38.3 Å². The molecule has 54 heavy (non-hydrogen) atoms. The van der Waals surface area contributed by atoms with E-state index in [9.17, 15) is 46.1 Å². The molecule has 19 heteroatoms. The maximum absolute atomic E-state index is 15.4. The molecule has 1 aromatic heterocycles. The number of nitrogens with zero attached hydrogens (tertiary/aromatic N) is 3. The van der Waals surface area contributed by atoms with Crippen molar-refractivity contribution in [3.05, 3.63) is 88.4 Å². The van der Waals surface area contributed by atoms with E-state index in [2.05, 4.69) is 10.3 Å². The molecular formula is C35H34F8N4O7. The van der Waals surface area contributed by atoms with E-state index in [1.54, 1.807) is 0 Å². The number of aromatic nitrogens is 1. The number of aliphatic hydroxyl groups excluding tert-OH is 3. The first kappa shape index (κ1) is 40.3. The van der Waals surface area contributed by atoms with Crippen molar-refractivity contribution in [2.24, 2.45) is 0 Å². The van der Waals surface area contributed by atoms with Gasteiger partial charge in [-0.25, -0.2) is 9.40 Å². The molecular weight excluding hydrogens is 740 g/mol. The van der Waals surface area contributed by atoms with E-state index in [0.29, 0.717) is 30.8 Å². The number of carbonyl (C=O) groups is 2. The fourth-order valence-corrected chi connectivity index (χ4v) is 6.10. The van der Waals surface area contributed by atoms with Crippen LogP contribution in [0.2, 0.25) is 0 Å². The summed E-state index contributed by atoms with van der Waals surface area (Å²) >= 11 is 0. The minimum Gasteiger partial charge on any atom is -0.509 e. The van der Waals surface area contributed by atoms with Gasteiger partial charge in [0.05, 0.1) is 37.5 Å². The van der Waals surface area contributed by atoms with Crippen molar-refractivity contribution < 1.29 is 69.5 Å². The molecule has 2 atom stereocenters. The number of amides is 2. The molecule has 3 heterocycles. The number of alkyl halides is 6. The highest BCUT2D eigenvalue weighted by Crippen LogP contribution is 2.43. The van der Waals surface area contributed by atoms with Crippen molar-refractivity contribution >= 4 is 17.5 Å². The van der Waals surface area contributed by atoms with Gasteiger partial charge in [-0.1, -0.05) is 12.1 Å². The number of aliphatic hydroxyl groups is 3. The van der Waals surface area contributed by atoms with Gasteiger partial charge in [0.2, 0.25) is 5.82 Å². The second-order valence-electron chi connectivity index (χ2n) is 12.7. The highest BCUT2D eigenvalue weighted by atomic mass is 19.4. The Balaban J connectivity index is 1.40. The molecule has 2 aliphatic rings. The lowest BCUT2D eigenvalue weighted by molar-refractivity contribution is -0.160. The molecule has 5 rings (SSSR count). The Bertz CT molecular complexity index is 1910. The molecule has 0 saturated carbocycles. The summed E-state index contributed by atoms with van der Waals surface area (Å²) in [4.78, 5) is 31.0.